The number of urea groups is 1. The Kier molecular flexibility index (Phi) is 15.0. The Labute approximate surface area is 313 Å². The molecule has 0 unspecified atom stereocenters. The van der Waals surface area contributed by atoms with E-state index in [2.05, 4.69) is 26.6 Å². The van der Waals surface area contributed by atoms with Gasteiger partial charge in [0.1, 0.15) is 23.6 Å². The van der Waals surface area contributed by atoms with Crippen molar-refractivity contribution in [1.29, 1.82) is 0 Å². The molecule has 0 fully saturated rings. The predicted molar refractivity (Wildman–Crippen MR) is 198 cm³/mol. The summed E-state index contributed by atoms with van der Waals surface area (Å²) in [6.07, 6.45) is 1.46. The van der Waals surface area contributed by atoms with Crippen molar-refractivity contribution in [3.63, 3.8) is 0 Å². The van der Waals surface area contributed by atoms with Gasteiger partial charge in [0.05, 0.1) is 27.3 Å². The molecule has 7 amide bonds. The van der Waals surface area contributed by atoms with E-state index in [0.717, 1.165) is 5.56 Å². The van der Waals surface area contributed by atoms with Crippen LogP contribution in [0.25, 0.3) is 0 Å². The molecule has 54 heavy (non-hydrogen) atoms. The van der Waals surface area contributed by atoms with Gasteiger partial charge < -0.3 is 51.4 Å². The maximum absolute atomic E-state index is 13.6. The summed E-state index contributed by atoms with van der Waals surface area (Å²) >= 11 is 0. The number of fused-ring (bicyclic) bond motifs is 18. The number of nitrogens with one attached hydrogen (secondary N) is 5. The highest BCUT2D eigenvalue weighted by Crippen LogP contribution is 2.34. The van der Waals surface area contributed by atoms with Crippen LogP contribution in [-0.2, 0) is 32.1 Å². The smallest absolute Gasteiger partial charge is 0.312 e. The zero-order valence-electron chi connectivity index (χ0n) is 30.6. The first kappa shape index (κ1) is 40.5. The number of hydrogen-bond donors (Lipinski definition) is 6. The lowest BCUT2D eigenvalue weighted by Gasteiger charge is -2.25. The van der Waals surface area contributed by atoms with E-state index in [1.165, 1.54) is 26.0 Å². The molecule has 0 saturated carbocycles. The van der Waals surface area contributed by atoms with Gasteiger partial charge >= 0.3 is 6.03 Å². The molecule has 0 saturated heterocycles. The van der Waals surface area contributed by atoms with Gasteiger partial charge in [-0.3, -0.25) is 24.0 Å². The number of amides is 7. The molecule has 5 rings (SSSR count). The average molecular weight is 746 g/mol. The number of nitrogens with two attached hydrogens (primary N) is 1. The number of aryl methyl sites for hydroxylation is 1. The lowest BCUT2D eigenvalue weighted by Crippen LogP contribution is -2.54. The van der Waals surface area contributed by atoms with Crippen LogP contribution in [0.5, 0.6) is 23.0 Å². The Morgan fingerprint density at radius 2 is 1.67 bits per heavy atom. The van der Waals surface area contributed by atoms with Crippen molar-refractivity contribution in [2.45, 2.75) is 51.2 Å². The molecule has 2 aliphatic rings. The Morgan fingerprint density at radius 1 is 0.907 bits per heavy atom. The maximum atomic E-state index is 13.6. The Morgan fingerprint density at radius 3 is 2.39 bits per heavy atom. The van der Waals surface area contributed by atoms with Gasteiger partial charge in [0.15, 0.2) is 11.5 Å². The highest BCUT2D eigenvalue weighted by Gasteiger charge is 2.26. The number of primary amides is 1. The average Bonchev–Trinajstić information content (AvgIpc) is 3.16. The van der Waals surface area contributed by atoms with Crippen LogP contribution in [0, 0.1) is 0 Å². The topological polar surface area (TPSA) is 220 Å². The van der Waals surface area contributed by atoms with E-state index in [-0.39, 0.29) is 37.7 Å². The maximum Gasteiger partial charge on any atom is 0.312 e. The second-order valence-electron chi connectivity index (χ2n) is 12.5. The highest BCUT2D eigenvalue weighted by molar-refractivity contribution is 5.95. The van der Waals surface area contributed by atoms with Gasteiger partial charge in [0.25, 0.3) is 5.91 Å². The number of nitrogens with zero attached hydrogens (tertiary/aromatic N) is 1. The van der Waals surface area contributed by atoms with Crippen molar-refractivity contribution in [2.75, 3.05) is 40.4 Å². The standard InChI is InChI=1S/C38H47N7O9/c1-24-35(48)41-21-27-12-14-28(20-31(27)53-3)54-32-19-26(13-16-30(32)52-2)36(49)40-17-7-8-18-45(34(47)22-42-38(39)51)23-33(46)44-29(37(50)43-24)15-11-25-9-5-4-6-10-25/h4-6,9-10,12-14,16,19-20,24,29H,7-8,11,15,17-18,21-23H2,1-3H3,(H,40,49)(H,41,48)(H,43,50)(H,44,46)(H3,39,42,51)/t24-,29-/m0/s1. The van der Waals surface area contributed by atoms with E-state index in [1.807, 2.05) is 30.3 Å². The molecule has 2 aliphatic heterocycles. The van der Waals surface area contributed by atoms with E-state index < -0.39 is 54.8 Å². The Balaban J connectivity index is 1.59. The van der Waals surface area contributed by atoms with Gasteiger partial charge in [0, 0.05) is 36.8 Å². The number of ether oxygens (including phenoxy) is 3. The summed E-state index contributed by atoms with van der Waals surface area (Å²) in [4.78, 5) is 78.8. The van der Waals surface area contributed by atoms with Crippen LogP contribution < -0.4 is 46.5 Å². The fourth-order valence-corrected chi connectivity index (χ4v) is 5.61. The second kappa shape index (κ2) is 20.1. The summed E-state index contributed by atoms with van der Waals surface area (Å²) in [5.74, 6) is -1.17. The van der Waals surface area contributed by atoms with Gasteiger partial charge in [-0.1, -0.05) is 30.3 Å². The number of hydrogen-bond acceptors (Lipinski definition) is 9. The molecule has 7 N–H and O–H groups in total. The molecule has 0 spiro atoms. The first-order valence-corrected chi connectivity index (χ1v) is 17.5. The largest absolute Gasteiger partial charge is 0.496 e. The fraction of sp³-hybridized carbons (Fsp3) is 0.368. The summed E-state index contributed by atoms with van der Waals surface area (Å²) in [6.45, 7) is 1.07. The minimum Gasteiger partial charge on any atom is -0.496 e. The van der Waals surface area contributed by atoms with Gasteiger partial charge in [-0.25, -0.2) is 4.79 Å². The van der Waals surface area contributed by atoms with E-state index in [9.17, 15) is 28.8 Å². The van der Waals surface area contributed by atoms with Gasteiger partial charge in [-0.2, -0.15) is 0 Å². The molecule has 0 aliphatic carbocycles. The number of carbonyl (C=O) groups excluding carboxylic acids is 6. The molecule has 2 atom stereocenters. The van der Waals surface area contributed by atoms with Crippen LogP contribution in [0.1, 0.15) is 47.7 Å². The third-order valence-electron chi connectivity index (χ3n) is 8.57. The normalized spacial score (nSPS) is 17.6. The number of rotatable bonds is 7. The summed E-state index contributed by atoms with van der Waals surface area (Å²) in [5, 5.41) is 13.3. The molecular weight excluding hydrogens is 698 g/mol. The zero-order chi connectivity index (χ0) is 39.0. The van der Waals surface area contributed by atoms with Gasteiger partial charge in [-0.05, 0) is 68.5 Å². The minimum atomic E-state index is -1.05. The monoisotopic (exact) mass is 745 g/mol. The SMILES string of the molecule is COc1cc2ccc1CNC(=O)[C@H](C)NC(=O)[C@H](CCc1ccccc1)NC(=O)CN(C(=O)CNC(N)=O)CCCCNC(=O)c1ccc(OC)c(c1)O2. The van der Waals surface area contributed by atoms with Crippen molar-refractivity contribution in [1.82, 2.24) is 31.5 Å². The van der Waals surface area contributed by atoms with Crippen LogP contribution in [-0.4, -0.2) is 92.9 Å². The summed E-state index contributed by atoms with van der Waals surface area (Å²) in [7, 11) is 2.96. The predicted octanol–water partition coefficient (Wildman–Crippen LogP) is 1.76. The highest BCUT2D eigenvalue weighted by atomic mass is 16.5. The van der Waals surface area contributed by atoms with E-state index in [1.54, 1.807) is 36.4 Å². The van der Waals surface area contributed by atoms with Crippen LogP contribution in [0.15, 0.2) is 66.7 Å². The fourth-order valence-electron chi connectivity index (χ4n) is 5.61. The lowest BCUT2D eigenvalue weighted by molar-refractivity contribution is -0.136. The molecule has 0 radical (unpaired) electrons. The van der Waals surface area contributed by atoms with Gasteiger partial charge in [-0.15, -0.1) is 0 Å². The molecule has 3 aromatic carbocycles. The summed E-state index contributed by atoms with van der Waals surface area (Å²) in [6, 6.07) is 16.2. The number of benzene rings is 3. The summed E-state index contributed by atoms with van der Waals surface area (Å²) in [5.41, 5.74) is 7.03. The molecule has 2 heterocycles. The molecule has 4 bridgehead atoms. The third-order valence-corrected chi connectivity index (χ3v) is 8.57. The van der Waals surface area contributed by atoms with E-state index in [4.69, 9.17) is 19.9 Å². The van der Waals surface area contributed by atoms with Crippen LogP contribution in [0.2, 0.25) is 0 Å². The van der Waals surface area contributed by atoms with Crippen LogP contribution in [0.3, 0.4) is 0 Å². The molecule has 0 aromatic heterocycles. The first-order valence-electron chi connectivity index (χ1n) is 17.5. The number of methoxy groups -OCH3 is 2. The van der Waals surface area contributed by atoms with Crippen molar-refractivity contribution in [2.24, 2.45) is 5.73 Å². The Bertz CT molecular complexity index is 1800. The molecule has 16 nitrogen and oxygen atoms in total. The third kappa shape index (κ3) is 12.1. The quantitative estimate of drug-likeness (QED) is 0.194. The zero-order valence-corrected chi connectivity index (χ0v) is 30.6. The van der Waals surface area contributed by atoms with E-state index in [0.29, 0.717) is 47.6 Å². The van der Waals surface area contributed by atoms with Crippen LogP contribution >= 0.6 is 0 Å². The lowest BCUT2D eigenvalue weighted by atomic mass is 10.0. The van der Waals surface area contributed by atoms with Crippen molar-refractivity contribution < 1.29 is 43.0 Å². The van der Waals surface area contributed by atoms with Crippen molar-refractivity contribution in [3.05, 3.63) is 83.4 Å². The first-order chi connectivity index (χ1) is 26.0. The minimum absolute atomic E-state index is 0.0596. The summed E-state index contributed by atoms with van der Waals surface area (Å²) < 4.78 is 17.1. The van der Waals surface area contributed by atoms with E-state index >= 15 is 0 Å². The second-order valence-corrected chi connectivity index (χ2v) is 12.5. The van der Waals surface area contributed by atoms with Gasteiger partial charge in [0.2, 0.25) is 23.6 Å². The molecule has 16 heteroatoms. The van der Waals surface area contributed by atoms with Crippen LogP contribution in [0.4, 0.5) is 4.79 Å². The molecular formula is C38H47N7O9. The molecule has 288 valence electrons. The van der Waals surface area contributed by atoms with Crippen molar-refractivity contribution in [3.8, 4) is 23.0 Å². The van der Waals surface area contributed by atoms with Crippen molar-refractivity contribution >= 4 is 35.6 Å². The Hall–Kier alpha value is -6.32. The number of carbonyl (C=O) groups is 6. The molecule has 3 aromatic rings.